The minimum Gasteiger partial charge on any atom is -0.496 e. The molecule has 3 heteroatoms. The Hall–Kier alpha value is -1.35. The molecule has 0 saturated carbocycles. The molecule has 104 valence electrons. The van der Waals surface area contributed by atoms with E-state index in [9.17, 15) is 4.39 Å². The first-order valence-corrected chi connectivity index (χ1v) is 7.04. The molecule has 1 aliphatic heterocycles. The molecule has 0 aliphatic carbocycles. The highest BCUT2D eigenvalue weighted by atomic mass is 19.1. The fraction of sp³-hybridized carbons (Fsp3) is 0.500. The molecule has 0 saturated heterocycles. The Kier molecular flexibility index (Phi) is 4.97. The van der Waals surface area contributed by atoms with Crippen LogP contribution in [-0.2, 0) is 4.74 Å². The van der Waals surface area contributed by atoms with E-state index >= 15 is 0 Å². The first kappa shape index (κ1) is 14.1. The Bertz CT molecular complexity index is 456. The molecule has 1 atom stereocenters. The van der Waals surface area contributed by atoms with Crippen molar-refractivity contribution < 1.29 is 9.13 Å². The predicted molar refractivity (Wildman–Crippen MR) is 75.4 cm³/mol. The number of hydrogen-bond donors (Lipinski definition) is 1. The summed E-state index contributed by atoms with van der Waals surface area (Å²) in [6.07, 6.45) is 5.34. The molecule has 2 rings (SSSR count). The largest absolute Gasteiger partial charge is 0.496 e. The Morgan fingerprint density at radius 3 is 2.89 bits per heavy atom. The van der Waals surface area contributed by atoms with Crippen LogP contribution >= 0.6 is 0 Å². The van der Waals surface area contributed by atoms with Crippen LogP contribution in [0.2, 0.25) is 0 Å². The smallest absolute Gasteiger partial charge is 0.126 e. The highest BCUT2D eigenvalue weighted by molar-refractivity contribution is 5.31. The fourth-order valence-corrected chi connectivity index (χ4v) is 2.30. The van der Waals surface area contributed by atoms with Crippen molar-refractivity contribution in [3.8, 4) is 0 Å². The highest BCUT2D eigenvalue weighted by Crippen LogP contribution is 2.27. The average molecular weight is 263 g/mol. The lowest BCUT2D eigenvalue weighted by Crippen LogP contribution is -2.26. The Balaban J connectivity index is 2.25. The van der Waals surface area contributed by atoms with Crippen molar-refractivity contribution in [1.82, 2.24) is 5.32 Å². The quantitative estimate of drug-likeness (QED) is 0.870. The molecule has 0 amide bonds. The zero-order valence-corrected chi connectivity index (χ0v) is 11.7. The third-order valence-electron chi connectivity index (χ3n) is 3.36. The second-order valence-electron chi connectivity index (χ2n) is 4.99. The lowest BCUT2D eigenvalue weighted by Gasteiger charge is -2.25. The van der Waals surface area contributed by atoms with Gasteiger partial charge >= 0.3 is 0 Å². The number of aryl methyl sites for hydroxylation is 1. The van der Waals surface area contributed by atoms with Crippen LogP contribution < -0.4 is 5.32 Å². The van der Waals surface area contributed by atoms with E-state index in [2.05, 4.69) is 18.3 Å². The van der Waals surface area contributed by atoms with E-state index in [-0.39, 0.29) is 11.9 Å². The average Bonchev–Trinajstić information content (AvgIpc) is 2.44. The summed E-state index contributed by atoms with van der Waals surface area (Å²) in [4.78, 5) is 0. The zero-order valence-electron chi connectivity index (χ0n) is 11.7. The molecule has 2 nitrogen and oxygen atoms in total. The Morgan fingerprint density at radius 2 is 2.26 bits per heavy atom. The van der Waals surface area contributed by atoms with Gasteiger partial charge in [-0.15, -0.1) is 0 Å². The molecule has 0 radical (unpaired) electrons. The Morgan fingerprint density at radius 1 is 1.42 bits per heavy atom. The number of halogens is 1. The van der Waals surface area contributed by atoms with E-state index < -0.39 is 0 Å². The van der Waals surface area contributed by atoms with Gasteiger partial charge in [0.25, 0.3) is 0 Å². The van der Waals surface area contributed by atoms with Crippen molar-refractivity contribution >= 4 is 0 Å². The van der Waals surface area contributed by atoms with Crippen molar-refractivity contribution in [2.24, 2.45) is 0 Å². The van der Waals surface area contributed by atoms with Crippen LogP contribution in [0, 0.1) is 12.7 Å². The van der Waals surface area contributed by atoms with Gasteiger partial charge in [-0.25, -0.2) is 4.39 Å². The summed E-state index contributed by atoms with van der Waals surface area (Å²) in [5.74, 6) is 0.822. The maximum atomic E-state index is 13.4. The first-order chi connectivity index (χ1) is 9.22. The molecule has 0 aromatic heterocycles. The van der Waals surface area contributed by atoms with Gasteiger partial charge in [0.15, 0.2) is 0 Å². The third kappa shape index (κ3) is 3.57. The summed E-state index contributed by atoms with van der Waals surface area (Å²) in [7, 11) is 0. The van der Waals surface area contributed by atoms with Crippen LogP contribution in [0.3, 0.4) is 0 Å². The van der Waals surface area contributed by atoms with Crippen molar-refractivity contribution in [3.05, 3.63) is 47.0 Å². The number of hydrogen-bond acceptors (Lipinski definition) is 2. The SMILES string of the molecule is CCCNC(C1=CCCCO1)c1ccc(F)c(C)c1. The number of nitrogens with one attached hydrogen (secondary N) is 1. The van der Waals surface area contributed by atoms with E-state index in [4.69, 9.17) is 4.74 Å². The molecular weight excluding hydrogens is 241 g/mol. The maximum Gasteiger partial charge on any atom is 0.126 e. The zero-order chi connectivity index (χ0) is 13.7. The van der Waals surface area contributed by atoms with Crippen LogP contribution in [0.4, 0.5) is 4.39 Å². The van der Waals surface area contributed by atoms with Gasteiger partial charge in [-0.05, 0) is 56.0 Å². The summed E-state index contributed by atoms with van der Waals surface area (Å²) in [5.41, 5.74) is 1.75. The maximum absolute atomic E-state index is 13.4. The highest BCUT2D eigenvalue weighted by Gasteiger charge is 2.19. The summed E-state index contributed by atoms with van der Waals surface area (Å²) in [6.45, 7) is 5.63. The fourth-order valence-electron chi connectivity index (χ4n) is 2.30. The molecule has 1 aromatic rings. The monoisotopic (exact) mass is 263 g/mol. The molecule has 0 fully saturated rings. The molecular formula is C16H22FNO. The van der Waals surface area contributed by atoms with Crippen LogP contribution in [0.15, 0.2) is 30.0 Å². The molecule has 1 aliphatic rings. The number of allylic oxidation sites excluding steroid dienone is 1. The van der Waals surface area contributed by atoms with Gasteiger partial charge in [0.2, 0.25) is 0 Å². The van der Waals surface area contributed by atoms with Gasteiger partial charge in [-0.1, -0.05) is 19.1 Å². The van der Waals surface area contributed by atoms with Crippen LogP contribution in [0.1, 0.15) is 43.4 Å². The van der Waals surface area contributed by atoms with Gasteiger partial charge in [-0.2, -0.15) is 0 Å². The number of rotatable bonds is 5. The molecule has 0 bridgehead atoms. The minimum absolute atomic E-state index is 0.0412. The van der Waals surface area contributed by atoms with Crippen LogP contribution in [-0.4, -0.2) is 13.2 Å². The molecule has 1 aromatic carbocycles. The summed E-state index contributed by atoms with van der Waals surface area (Å²) >= 11 is 0. The summed E-state index contributed by atoms with van der Waals surface area (Å²) in [6, 6.07) is 5.32. The molecule has 0 spiro atoms. The first-order valence-electron chi connectivity index (χ1n) is 7.04. The van der Waals surface area contributed by atoms with Crippen LogP contribution in [0.25, 0.3) is 0 Å². The second kappa shape index (κ2) is 6.71. The van der Waals surface area contributed by atoms with Gasteiger partial charge in [-0.3, -0.25) is 0 Å². The van der Waals surface area contributed by atoms with Crippen molar-refractivity contribution in [2.75, 3.05) is 13.2 Å². The number of ether oxygens (including phenoxy) is 1. The third-order valence-corrected chi connectivity index (χ3v) is 3.36. The van der Waals surface area contributed by atoms with E-state index in [0.29, 0.717) is 5.56 Å². The van der Waals surface area contributed by atoms with Gasteiger partial charge in [0, 0.05) is 0 Å². The van der Waals surface area contributed by atoms with E-state index in [0.717, 1.165) is 43.7 Å². The van der Waals surface area contributed by atoms with Crippen molar-refractivity contribution in [3.63, 3.8) is 0 Å². The summed E-state index contributed by atoms with van der Waals surface area (Å²) < 4.78 is 19.2. The standard InChI is InChI=1S/C16H22FNO/c1-3-9-18-16(15-6-4-5-10-19-15)13-7-8-14(17)12(2)11-13/h6-8,11,16,18H,3-5,9-10H2,1-2H3. The Labute approximate surface area is 114 Å². The predicted octanol–water partition coefficient (Wildman–Crippen LogP) is 3.87. The second-order valence-corrected chi connectivity index (χ2v) is 4.99. The van der Waals surface area contributed by atoms with E-state index in [1.165, 1.54) is 6.07 Å². The van der Waals surface area contributed by atoms with Gasteiger partial charge in [0.05, 0.1) is 12.6 Å². The minimum atomic E-state index is -0.156. The van der Waals surface area contributed by atoms with Gasteiger partial charge in [0.1, 0.15) is 11.6 Å². The topological polar surface area (TPSA) is 21.3 Å². The normalized spacial score (nSPS) is 16.7. The summed E-state index contributed by atoms with van der Waals surface area (Å²) in [5, 5.41) is 3.49. The molecule has 19 heavy (non-hydrogen) atoms. The van der Waals surface area contributed by atoms with E-state index in [1.54, 1.807) is 6.92 Å². The molecule has 1 unspecified atom stereocenters. The lowest BCUT2D eigenvalue weighted by atomic mass is 10.0. The van der Waals surface area contributed by atoms with Crippen LogP contribution in [0.5, 0.6) is 0 Å². The van der Waals surface area contributed by atoms with Gasteiger partial charge < -0.3 is 10.1 Å². The number of benzene rings is 1. The molecule has 1 heterocycles. The van der Waals surface area contributed by atoms with Crippen molar-refractivity contribution in [1.29, 1.82) is 0 Å². The molecule has 1 N–H and O–H groups in total. The lowest BCUT2D eigenvalue weighted by molar-refractivity contribution is 0.167. The van der Waals surface area contributed by atoms with Crippen molar-refractivity contribution in [2.45, 2.75) is 39.2 Å². The van der Waals surface area contributed by atoms with E-state index in [1.807, 2.05) is 12.1 Å².